The molecule has 0 bridgehead atoms. The number of pyridine rings is 1. The fourth-order valence-electron chi connectivity index (χ4n) is 2.28. The average molecular weight is 332 g/mol. The lowest BCUT2D eigenvalue weighted by Gasteiger charge is -2.32. The van der Waals surface area contributed by atoms with Crippen LogP contribution in [-0.4, -0.2) is 42.9 Å². The van der Waals surface area contributed by atoms with Gasteiger partial charge in [-0.2, -0.15) is 0 Å². The Kier molecular flexibility index (Phi) is 5.35. The van der Waals surface area contributed by atoms with Crippen molar-refractivity contribution in [1.82, 2.24) is 10.3 Å². The Bertz CT molecular complexity index is 627. The van der Waals surface area contributed by atoms with Crippen LogP contribution >= 0.6 is 0 Å². The number of carbonyl (C=O) groups excluding carboxylic acids is 1. The Morgan fingerprint density at radius 1 is 1.33 bits per heavy atom. The van der Waals surface area contributed by atoms with E-state index < -0.39 is 18.3 Å². The molecular weight excluding hydrogens is 307 g/mol. The van der Waals surface area contributed by atoms with Crippen LogP contribution in [0.4, 0.5) is 0 Å². The summed E-state index contributed by atoms with van der Waals surface area (Å²) in [4.78, 5) is 15.7. The van der Waals surface area contributed by atoms with Crippen LogP contribution in [-0.2, 0) is 14.1 Å². The Hall–Kier alpha value is -1.86. The lowest BCUT2D eigenvalue weighted by molar-refractivity contribution is -0.118. The van der Waals surface area contributed by atoms with E-state index in [1.165, 1.54) is 6.92 Å². The largest absolute Gasteiger partial charge is 0.494 e. The van der Waals surface area contributed by atoms with Crippen LogP contribution in [0.25, 0.3) is 6.08 Å². The van der Waals surface area contributed by atoms with E-state index in [0.29, 0.717) is 18.0 Å². The molecule has 1 aromatic rings. The van der Waals surface area contributed by atoms with Crippen molar-refractivity contribution in [3.63, 3.8) is 0 Å². The summed E-state index contributed by atoms with van der Waals surface area (Å²) in [6, 6.07) is 3.64. The minimum absolute atomic E-state index is 0.120. The molecule has 2 rings (SSSR count). The minimum atomic E-state index is -0.562. The van der Waals surface area contributed by atoms with E-state index >= 15 is 0 Å². The second kappa shape index (κ2) is 6.95. The van der Waals surface area contributed by atoms with Crippen LogP contribution in [0.3, 0.4) is 0 Å². The first-order chi connectivity index (χ1) is 11.2. The number of nitrogens with one attached hydrogen (secondary N) is 1. The second-order valence-corrected chi connectivity index (χ2v) is 6.81. The van der Waals surface area contributed by atoms with Crippen molar-refractivity contribution >= 4 is 19.1 Å². The fourth-order valence-corrected chi connectivity index (χ4v) is 2.28. The molecular formula is C17H25BN2O4. The van der Waals surface area contributed by atoms with Crippen molar-refractivity contribution in [3.05, 3.63) is 29.5 Å². The van der Waals surface area contributed by atoms with E-state index in [4.69, 9.17) is 14.0 Å². The molecule has 0 atom stereocenters. The maximum absolute atomic E-state index is 11.3. The number of ether oxygens (including phenoxy) is 1. The summed E-state index contributed by atoms with van der Waals surface area (Å²) in [6.45, 7) is 9.75. The Morgan fingerprint density at radius 2 is 1.96 bits per heavy atom. The van der Waals surface area contributed by atoms with Gasteiger partial charge in [0, 0.05) is 19.7 Å². The summed E-state index contributed by atoms with van der Waals surface area (Å²) in [5.41, 5.74) is 0.526. The van der Waals surface area contributed by atoms with Gasteiger partial charge in [0.1, 0.15) is 11.4 Å². The summed E-state index contributed by atoms with van der Waals surface area (Å²) in [5, 5.41) is 2.80. The average Bonchev–Trinajstić information content (AvgIpc) is 2.71. The highest BCUT2D eigenvalue weighted by molar-refractivity contribution is 6.56. The van der Waals surface area contributed by atoms with Gasteiger partial charge in [-0.25, -0.2) is 0 Å². The summed E-state index contributed by atoms with van der Waals surface area (Å²) in [6.07, 6.45) is 3.53. The van der Waals surface area contributed by atoms with Crippen LogP contribution in [0.15, 0.2) is 23.8 Å². The van der Waals surface area contributed by atoms with Gasteiger partial charge in [-0.05, 0) is 51.4 Å². The molecule has 0 spiro atoms. The highest BCUT2D eigenvalue weighted by Gasteiger charge is 2.52. The van der Waals surface area contributed by atoms with E-state index in [2.05, 4.69) is 10.3 Å². The molecule has 2 heterocycles. The summed E-state index contributed by atoms with van der Waals surface area (Å²) < 4.78 is 17.5. The third-order valence-corrected chi connectivity index (χ3v) is 4.44. The molecule has 1 N–H and O–H groups in total. The quantitative estimate of drug-likeness (QED) is 0.838. The standard InChI is InChI=1S/C17H25BN2O4/c1-12(21)20-11-13(10-14-15(22-6)8-7-9-19-14)18-23-16(2,3)17(4,5)24-18/h7-10H,11H2,1-6H3,(H,20,21). The second-order valence-electron chi connectivity index (χ2n) is 6.81. The molecule has 1 saturated heterocycles. The zero-order chi connectivity index (χ0) is 18.0. The van der Waals surface area contributed by atoms with Crippen LogP contribution < -0.4 is 10.1 Å². The lowest BCUT2D eigenvalue weighted by Crippen LogP contribution is -2.41. The zero-order valence-corrected chi connectivity index (χ0v) is 15.2. The topological polar surface area (TPSA) is 69.7 Å². The molecule has 1 aliphatic heterocycles. The number of aromatic nitrogens is 1. The van der Waals surface area contributed by atoms with Crippen LogP contribution in [0.5, 0.6) is 5.75 Å². The molecule has 6 nitrogen and oxygen atoms in total. The molecule has 0 unspecified atom stereocenters. The molecule has 1 aromatic heterocycles. The van der Waals surface area contributed by atoms with Crippen LogP contribution in [0.2, 0.25) is 0 Å². The summed E-state index contributed by atoms with van der Waals surface area (Å²) in [5.74, 6) is 0.528. The first kappa shape index (κ1) is 18.5. The van der Waals surface area contributed by atoms with E-state index in [1.807, 2.05) is 39.8 Å². The van der Waals surface area contributed by atoms with Gasteiger partial charge < -0.3 is 19.4 Å². The zero-order valence-electron chi connectivity index (χ0n) is 15.2. The van der Waals surface area contributed by atoms with Gasteiger partial charge in [0.25, 0.3) is 0 Å². The fraction of sp³-hybridized carbons (Fsp3) is 0.529. The first-order valence-electron chi connectivity index (χ1n) is 7.96. The highest BCUT2D eigenvalue weighted by atomic mass is 16.7. The third kappa shape index (κ3) is 3.97. The van der Waals surface area contributed by atoms with E-state index in [0.717, 1.165) is 5.47 Å². The predicted octanol–water partition coefficient (Wildman–Crippen LogP) is 2.24. The number of methoxy groups -OCH3 is 1. The van der Waals surface area contributed by atoms with Gasteiger partial charge >= 0.3 is 7.12 Å². The van der Waals surface area contributed by atoms with Crippen molar-refractivity contribution in [3.8, 4) is 5.75 Å². The maximum atomic E-state index is 11.3. The molecule has 1 fully saturated rings. The molecule has 0 saturated carbocycles. The molecule has 0 aliphatic carbocycles. The van der Waals surface area contributed by atoms with Gasteiger partial charge in [0.05, 0.1) is 18.3 Å². The molecule has 0 radical (unpaired) electrons. The molecule has 24 heavy (non-hydrogen) atoms. The van der Waals surface area contributed by atoms with Gasteiger partial charge in [-0.15, -0.1) is 0 Å². The smallest absolute Gasteiger partial charge is 0.492 e. The van der Waals surface area contributed by atoms with Gasteiger partial charge in [0.15, 0.2) is 0 Å². The van der Waals surface area contributed by atoms with Gasteiger partial charge in [0.2, 0.25) is 5.91 Å². The van der Waals surface area contributed by atoms with Gasteiger partial charge in [-0.3, -0.25) is 9.78 Å². The molecule has 1 aliphatic rings. The molecule has 130 valence electrons. The number of hydrogen-bond acceptors (Lipinski definition) is 5. The van der Waals surface area contributed by atoms with E-state index in [-0.39, 0.29) is 5.91 Å². The summed E-state index contributed by atoms with van der Waals surface area (Å²) >= 11 is 0. The van der Waals surface area contributed by atoms with Crippen molar-refractivity contribution < 1.29 is 18.8 Å². The van der Waals surface area contributed by atoms with Gasteiger partial charge in [-0.1, -0.05) is 0 Å². The maximum Gasteiger partial charge on any atom is 0.492 e. The number of carbonyl (C=O) groups is 1. The lowest BCUT2D eigenvalue weighted by atomic mass is 9.77. The van der Waals surface area contributed by atoms with Crippen LogP contribution in [0, 0.1) is 0 Å². The highest BCUT2D eigenvalue weighted by Crippen LogP contribution is 2.38. The number of rotatable bonds is 5. The molecule has 1 amide bonds. The first-order valence-corrected chi connectivity index (χ1v) is 7.96. The van der Waals surface area contributed by atoms with Crippen LogP contribution in [0.1, 0.15) is 40.3 Å². The normalized spacial score (nSPS) is 19.2. The molecule has 0 aromatic carbocycles. The van der Waals surface area contributed by atoms with E-state index in [1.54, 1.807) is 19.4 Å². The SMILES string of the molecule is COc1cccnc1C=C(CNC(C)=O)B1OC(C)(C)C(C)(C)O1. The van der Waals surface area contributed by atoms with Crippen molar-refractivity contribution in [1.29, 1.82) is 0 Å². The number of nitrogens with zero attached hydrogens (tertiary/aromatic N) is 1. The Balaban J connectivity index is 2.35. The Labute approximate surface area is 143 Å². The monoisotopic (exact) mass is 332 g/mol. The number of amides is 1. The summed E-state index contributed by atoms with van der Waals surface area (Å²) in [7, 11) is 1.03. The predicted molar refractivity (Wildman–Crippen MR) is 93.5 cm³/mol. The Morgan fingerprint density at radius 3 is 2.50 bits per heavy atom. The van der Waals surface area contributed by atoms with Crippen molar-refractivity contribution in [2.24, 2.45) is 0 Å². The number of hydrogen-bond donors (Lipinski definition) is 1. The van der Waals surface area contributed by atoms with Crippen molar-refractivity contribution in [2.45, 2.75) is 45.8 Å². The third-order valence-electron chi connectivity index (χ3n) is 4.44. The minimum Gasteiger partial charge on any atom is -0.494 e. The molecule has 7 heteroatoms. The van der Waals surface area contributed by atoms with E-state index in [9.17, 15) is 4.79 Å². The van der Waals surface area contributed by atoms with Crippen molar-refractivity contribution in [2.75, 3.05) is 13.7 Å².